The van der Waals surface area contributed by atoms with E-state index in [9.17, 15) is 14.4 Å². The zero-order valence-electron chi connectivity index (χ0n) is 13.1. The standard InChI is InChI=1S/C15H18N4O3S/c1-9-5-4-6-11(7-9)16-13(21)8-12-14(22)18(3)15(23)19(12)17-10(2)20/h4-7,12H,8H2,1-3H3,(H,16,21)(H,17,20). The highest BCUT2D eigenvalue weighted by molar-refractivity contribution is 7.80. The van der Waals surface area contributed by atoms with Gasteiger partial charge in [0.2, 0.25) is 11.8 Å². The summed E-state index contributed by atoms with van der Waals surface area (Å²) in [7, 11) is 1.51. The molecule has 0 spiro atoms. The van der Waals surface area contributed by atoms with Crippen LogP contribution in [0.4, 0.5) is 5.69 Å². The van der Waals surface area contributed by atoms with Crippen molar-refractivity contribution in [3.63, 3.8) is 0 Å². The Morgan fingerprint density at radius 3 is 2.65 bits per heavy atom. The van der Waals surface area contributed by atoms with Crippen molar-refractivity contribution in [1.82, 2.24) is 15.3 Å². The fraction of sp³-hybridized carbons (Fsp3) is 0.333. The Kier molecular flexibility index (Phi) is 4.95. The van der Waals surface area contributed by atoms with Gasteiger partial charge >= 0.3 is 0 Å². The Labute approximate surface area is 139 Å². The molecule has 0 aromatic heterocycles. The highest BCUT2D eigenvalue weighted by atomic mass is 32.1. The van der Waals surface area contributed by atoms with E-state index in [2.05, 4.69) is 10.7 Å². The summed E-state index contributed by atoms with van der Waals surface area (Å²) >= 11 is 5.12. The van der Waals surface area contributed by atoms with Gasteiger partial charge in [-0.15, -0.1) is 0 Å². The van der Waals surface area contributed by atoms with Crippen molar-refractivity contribution in [3.05, 3.63) is 29.8 Å². The van der Waals surface area contributed by atoms with Gasteiger partial charge in [0.1, 0.15) is 6.04 Å². The van der Waals surface area contributed by atoms with Crippen molar-refractivity contribution in [2.75, 3.05) is 12.4 Å². The SMILES string of the molecule is CC(=O)NN1C(=S)N(C)C(=O)C1CC(=O)Nc1cccc(C)c1. The van der Waals surface area contributed by atoms with Crippen LogP contribution in [0.1, 0.15) is 18.9 Å². The zero-order chi connectivity index (χ0) is 17.1. The number of rotatable bonds is 4. The summed E-state index contributed by atoms with van der Waals surface area (Å²) in [5.41, 5.74) is 4.16. The van der Waals surface area contributed by atoms with Gasteiger partial charge in [0, 0.05) is 19.7 Å². The summed E-state index contributed by atoms with van der Waals surface area (Å²) in [6, 6.07) is 6.50. The van der Waals surface area contributed by atoms with Crippen LogP contribution in [0.25, 0.3) is 0 Å². The summed E-state index contributed by atoms with van der Waals surface area (Å²) in [6.45, 7) is 3.23. The first-order valence-electron chi connectivity index (χ1n) is 7.04. The zero-order valence-corrected chi connectivity index (χ0v) is 13.9. The molecule has 1 unspecified atom stereocenters. The maximum Gasteiger partial charge on any atom is 0.253 e. The third-order valence-corrected chi connectivity index (χ3v) is 3.85. The predicted octanol–water partition coefficient (Wildman–Crippen LogP) is 0.802. The molecule has 2 N–H and O–H groups in total. The smallest absolute Gasteiger partial charge is 0.253 e. The molecule has 0 aliphatic carbocycles. The van der Waals surface area contributed by atoms with E-state index in [1.165, 1.54) is 23.9 Å². The number of benzene rings is 1. The number of thiocarbonyl (C=S) groups is 1. The third kappa shape index (κ3) is 3.84. The van der Waals surface area contributed by atoms with Crippen molar-refractivity contribution in [3.8, 4) is 0 Å². The molecule has 1 atom stereocenters. The predicted molar refractivity (Wildman–Crippen MR) is 89.2 cm³/mol. The van der Waals surface area contributed by atoms with Crippen LogP contribution in [0, 0.1) is 6.92 Å². The van der Waals surface area contributed by atoms with Crippen molar-refractivity contribution in [1.29, 1.82) is 0 Å². The van der Waals surface area contributed by atoms with Crippen LogP contribution >= 0.6 is 12.2 Å². The molecule has 7 nitrogen and oxygen atoms in total. The quantitative estimate of drug-likeness (QED) is 0.796. The Balaban J connectivity index is 2.09. The molecule has 8 heteroatoms. The molecule has 1 aliphatic rings. The number of hydrogen-bond acceptors (Lipinski definition) is 4. The van der Waals surface area contributed by atoms with E-state index in [0.717, 1.165) is 5.56 Å². The molecule has 3 amide bonds. The second kappa shape index (κ2) is 6.74. The number of hydrazine groups is 1. The second-order valence-corrected chi connectivity index (χ2v) is 5.72. The molecule has 0 saturated carbocycles. The van der Waals surface area contributed by atoms with Crippen LogP contribution < -0.4 is 10.7 Å². The topological polar surface area (TPSA) is 81.8 Å². The first-order chi connectivity index (χ1) is 10.8. The lowest BCUT2D eigenvalue weighted by Gasteiger charge is -2.23. The van der Waals surface area contributed by atoms with E-state index in [1.807, 2.05) is 25.1 Å². The summed E-state index contributed by atoms with van der Waals surface area (Å²) in [4.78, 5) is 36.9. The summed E-state index contributed by atoms with van der Waals surface area (Å²) < 4.78 is 0. The van der Waals surface area contributed by atoms with Crippen molar-refractivity contribution in [2.24, 2.45) is 0 Å². The lowest BCUT2D eigenvalue weighted by Crippen LogP contribution is -2.48. The van der Waals surface area contributed by atoms with Crippen LogP contribution in [0.5, 0.6) is 0 Å². The summed E-state index contributed by atoms with van der Waals surface area (Å²) in [5.74, 6) is -1.02. The van der Waals surface area contributed by atoms with Crippen LogP contribution in [-0.4, -0.2) is 45.8 Å². The van der Waals surface area contributed by atoms with E-state index >= 15 is 0 Å². The van der Waals surface area contributed by atoms with Gasteiger partial charge < -0.3 is 5.32 Å². The Hall–Kier alpha value is -2.48. The fourth-order valence-corrected chi connectivity index (χ4v) is 2.57. The number of hydrogen-bond donors (Lipinski definition) is 2. The lowest BCUT2D eigenvalue weighted by molar-refractivity contribution is -0.131. The van der Waals surface area contributed by atoms with Crippen molar-refractivity contribution in [2.45, 2.75) is 26.3 Å². The number of nitrogens with one attached hydrogen (secondary N) is 2. The number of carbonyl (C=O) groups is 3. The molecule has 1 saturated heterocycles. The normalized spacial score (nSPS) is 17.4. The van der Waals surface area contributed by atoms with Gasteiger partial charge in [-0.3, -0.25) is 24.7 Å². The first-order valence-corrected chi connectivity index (χ1v) is 7.45. The van der Waals surface area contributed by atoms with E-state index in [4.69, 9.17) is 12.2 Å². The van der Waals surface area contributed by atoms with Gasteiger partial charge in [-0.25, -0.2) is 5.01 Å². The van der Waals surface area contributed by atoms with Gasteiger partial charge in [-0.05, 0) is 36.8 Å². The molecule has 0 bridgehead atoms. The minimum absolute atomic E-state index is 0.114. The van der Waals surface area contributed by atoms with Gasteiger partial charge in [0.15, 0.2) is 5.11 Å². The number of carbonyl (C=O) groups excluding carboxylic acids is 3. The first kappa shape index (κ1) is 16.9. The Morgan fingerprint density at radius 2 is 2.04 bits per heavy atom. The van der Waals surface area contributed by atoms with E-state index in [0.29, 0.717) is 5.69 Å². The third-order valence-electron chi connectivity index (χ3n) is 3.38. The van der Waals surface area contributed by atoms with E-state index in [1.54, 1.807) is 6.07 Å². The number of aryl methyl sites for hydroxylation is 1. The monoisotopic (exact) mass is 334 g/mol. The summed E-state index contributed by atoms with van der Waals surface area (Å²) in [5, 5.41) is 4.17. The van der Waals surface area contributed by atoms with Crippen molar-refractivity contribution < 1.29 is 14.4 Å². The van der Waals surface area contributed by atoms with Gasteiger partial charge in [0.05, 0.1) is 6.42 Å². The lowest BCUT2D eigenvalue weighted by atomic mass is 10.1. The molecule has 1 fully saturated rings. The number of nitrogens with zero attached hydrogens (tertiary/aromatic N) is 2. The van der Waals surface area contributed by atoms with Crippen LogP contribution in [0.15, 0.2) is 24.3 Å². The highest BCUT2D eigenvalue weighted by Gasteiger charge is 2.42. The van der Waals surface area contributed by atoms with E-state index in [-0.39, 0.29) is 29.3 Å². The minimum atomic E-state index is -0.846. The molecule has 0 radical (unpaired) electrons. The average molecular weight is 334 g/mol. The molecule has 1 heterocycles. The number of anilines is 1. The highest BCUT2D eigenvalue weighted by Crippen LogP contribution is 2.18. The molecule has 1 aliphatic heterocycles. The molecule has 2 rings (SSSR count). The molecular formula is C15H18N4O3S. The average Bonchev–Trinajstić information content (AvgIpc) is 2.65. The maximum absolute atomic E-state index is 12.2. The Morgan fingerprint density at radius 1 is 1.35 bits per heavy atom. The van der Waals surface area contributed by atoms with Crippen LogP contribution in [0.3, 0.4) is 0 Å². The second-order valence-electron chi connectivity index (χ2n) is 5.36. The van der Waals surface area contributed by atoms with Gasteiger partial charge in [-0.1, -0.05) is 12.1 Å². The Bertz CT molecular complexity index is 676. The fourth-order valence-electron chi connectivity index (χ4n) is 2.31. The maximum atomic E-state index is 12.2. The van der Waals surface area contributed by atoms with Gasteiger partial charge in [-0.2, -0.15) is 0 Å². The van der Waals surface area contributed by atoms with Crippen LogP contribution in [-0.2, 0) is 14.4 Å². The molecular weight excluding hydrogens is 316 g/mol. The summed E-state index contributed by atoms with van der Waals surface area (Å²) in [6.07, 6.45) is -0.114. The van der Waals surface area contributed by atoms with Gasteiger partial charge in [0.25, 0.3) is 5.91 Å². The minimum Gasteiger partial charge on any atom is -0.326 e. The molecule has 1 aromatic rings. The number of likely N-dealkylation sites (N-methyl/N-ethyl adjacent to an activating group) is 1. The molecule has 1 aromatic carbocycles. The van der Waals surface area contributed by atoms with E-state index < -0.39 is 6.04 Å². The van der Waals surface area contributed by atoms with Crippen LogP contribution in [0.2, 0.25) is 0 Å². The molecule has 23 heavy (non-hydrogen) atoms. The molecule has 122 valence electrons. The number of amides is 3. The van der Waals surface area contributed by atoms with Crippen molar-refractivity contribution >= 4 is 40.7 Å². The largest absolute Gasteiger partial charge is 0.326 e.